The maximum absolute atomic E-state index is 13.1. The third-order valence-electron chi connectivity index (χ3n) is 5.64. The van der Waals surface area contributed by atoms with Crippen LogP contribution in [0.15, 0.2) is 84.9 Å². The largest absolute Gasteiger partial charge is 0.530 e. The molecule has 3 aromatic carbocycles. The number of hydrogen-bond acceptors (Lipinski definition) is 6. The van der Waals surface area contributed by atoms with E-state index in [1.807, 2.05) is 30.3 Å². The van der Waals surface area contributed by atoms with Crippen molar-refractivity contribution in [3.8, 4) is 5.75 Å². The standard InChI is InChI=1S/C27H30N2O6/c1-27(29-26(33)34,25(32)28-23(17-30)24(31)21-10-6-3-7-11-21)16-19-12-14-22(15-13-19)35-18-20-8-4-2-5-9-20/h2-15,23-24,29-31H,16-18H2,1H3,(H,28,32)(H,33,34)/p-1. The quantitative estimate of drug-likeness (QED) is 0.333. The van der Waals surface area contributed by atoms with Gasteiger partial charge in [-0.05, 0) is 35.7 Å². The molecule has 3 aromatic rings. The number of aliphatic hydroxyl groups excluding tert-OH is 2. The Morgan fingerprint density at radius 3 is 2.11 bits per heavy atom. The SMILES string of the molecule is CC(Cc1ccc(OCc2ccccc2)cc1)(NC(=O)[O-])C(=O)NC(CO)C(O)c1ccccc1. The van der Waals surface area contributed by atoms with Crippen molar-refractivity contribution in [3.63, 3.8) is 0 Å². The number of amides is 2. The van der Waals surface area contributed by atoms with E-state index in [0.29, 0.717) is 23.5 Å². The van der Waals surface area contributed by atoms with E-state index in [-0.39, 0.29) is 6.42 Å². The minimum atomic E-state index is -1.62. The molecule has 3 atom stereocenters. The normalized spacial score (nSPS) is 14.3. The lowest BCUT2D eigenvalue weighted by Gasteiger charge is -2.33. The molecule has 8 heteroatoms. The molecule has 0 aromatic heterocycles. The van der Waals surface area contributed by atoms with Gasteiger partial charge < -0.3 is 35.5 Å². The van der Waals surface area contributed by atoms with E-state index in [2.05, 4.69) is 10.6 Å². The molecular weight excluding hydrogens is 448 g/mol. The topological polar surface area (TPSA) is 131 Å². The van der Waals surface area contributed by atoms with E-state index in [1.165, 1.54) is 6.92 Å². The van der Waals surface area contributed by atoms with Crippen LogP contribution in [-0.4, -0.2) is 40.4 Å². The molecule has 0 aliphatic heterocycles. The molecule has 2 amide bonds. The number of carbonyl (C=O) groups is 2. The molecule has 0 heterocycles. The third-order valence-corrected chi connectivity index (χ3v) is 5.64. The van der Waals surface area contributed by atoms with E-state index in [4.69, 9.17) is 4.74 Å². The van der Waals surface area contributed by atoms with Crippen LogP contribution in [-0.2, 0) is 17.8 Å². The zero-order valence-corrected chi connectivity index (χ0v) is 19.4. The lowest BCUT2D eigenvalue weighted by atomic mass is 9.91. The first-order chi connectivity index (χ1) is 16.8. The highest BCUT2D eigenvalue weighted by Gasteiger charge is 2.36. The smallest absolute Gasteiger partial charge is 0.246 e. The molecule has 35 heavy (non-hydrogen) atoms. The average Bonchev–Trinajstić information content (AvgIpc) is 2.87. The lowest BCUT2D eigenvalue weighted by molar-refractivity contribution is -0.252. The summed E-state index contributed by atoms with van der Waals surface area (Å²) >= 11 is 0. The molecule has 3 unspecified atom stereocenters. The highest BCUT2D eigenvalue weighted by atomic mass is 16.5. The zero-order chi connectivity index (χ0) is 25.3. The van der Waals surface area contributed by atoms with E-state index in [0.717, 1.165) is 5.56 Å². The maximum atomic E-state index is 13.1. The fourth-order valence-corrected chi connectivity index (χ4v) is 3.69. The van der Waals surface area contributed by atoms with Gasteiger partial charge in [0.2, 0.25) is 5.91 Å². The molecule has 0 saturated carbocycles. The molecule has 3 rings (SSSR count). The van der Waals surface area contributed by atoms with Gasteiger partial charge in [-0.15, -0.1) is 0 Å². The number of benzene rings is 3. The maximum Gasteiger partial charge on any atom is 0.246 e. The summed E-state index contributed by atoms with van der Waals surface area (Å²) < 4.78 is 5.77. The van der Waals surface area contributed by atoms with Crippen LogP contribution in [0.1, 0.15) is 29.7 Å². The van der Waals surface area contributed by atoms with Crippen LogP contribution < -0.4 is 20.5 Å². The van der Waals surface area contributed by atoms with Gasteiger partial charge in [-0.3, -0.25) is 4.79 Å². The van der Waals surface area contributed by atoms with Crippen LogP contribution >= 0.6 is 0 Å². The Bertz CT molecular complexity index is 1090. The fraction of sp³-hybridized carbons (Fsp3) is 0.259. The van der Waals surface area contributed by atoms with Crippen LogP contribution in [0.4, 0.5) is 4.79 Å². The van der Waals surface area contributed by atoms with Gasteiger partial charge in [-0.1, -0.05) is 72.8 Å². The Morgan fingerprint density at radius 2 is 1.54 bits per heavy atom. The number of nitrogens with one attached hydrogen (secondary N) is 2. The van der Waals surface area contributed by atoms with Gasteiger partial charge in [0, 0.05) is 6.42 Å². The predicted octanol–water partition coefficient (Wildman–Crippen LogP) is 1.71. The molecule has 0 aliphatic carbocycles. The molecule has 8 nitrogen and oxygen atoms in total. The van der Waals surface area contributed by atoms with Crippen LogP contribution in [0.5, 0.6) is 5.75 Å². The van der Waals surface area contributed by atoms with Gasteiger partial charge in [0.05, 0.1) is 12.6 Å². The Kier molecular flexibility index (Phi) is 8.83. The summed E-state index contributed by atoms with van der Waals surface area (Å²) in [5, 5.41) is 36.5. The summed E-state index contributed by atoms with van der Waals surface area (Å²) in [6, 6.07) is 24.2. The summed E-state index contributed by atoms with van der Waals surface area (Å²) in [5.41, 5.74) is 0.588. The molecule has 0 bridgehead atoms. The Labute approximate surface area is 204 Å². The second-order valence-electron chi connectivity index (χ2n) is 8.46. The fourth-order valence-electron chi connectivity index (χ4n) is 3.69. The summed E-state index contributed by atoms with van der Waals surface area (Å²) in [7, 11) is 0. The Morgan fingerprint density at radius 1 is 0.943 bits per heavy atom. The molecular formula is C27H29N2O6-. The number of aliphatic hydroxyl groups is 2. The van der Waals surface area contributed by atoms with Crippen molar-refractivity contribution in [3.05, 3.63) is 102 Å². The molecule has 0 radical (unpaired) electrons. The van der Waals surface area contributed by atoms with Crippen molar-refractivity contribution >= 4 is 12.0 Å². The average molecular weight is 478 g/mol. The Hall–Kier alpha value is -3.88. The van der Waals surface area contributed by atoms with Gasteiger partial charge in [-0.25, -0.2) is 0 Å². The number of ether oxygens (including phenoxy) is 1. The van der Waals surface area contributed by atoms with Crippen molar-refractivity contribution < 1.29 is 29.6 Å². The Balaban J connectivity index is 1.69. The first-order valence-electron chi connectivity index (χ1n) is 11.2. The number of hydrogen-bond donors (Lipinski definition) is 4. The number of carbonyl (C=O) groups excluding carboxylic acids is 2. The molecule has 4 N–H and O–H groups in total. The van der Waals surface area contributed by atoms with Crippen LogP contribution in [0.25, 0.3) is 0 Å². The van der Waals surface area contributed by atoms with Crippen LogP contribution in [0.2, 0.25) is 0 Å². The molecule has 0 spiro atoms. The predicted molar refractivity (Wildman–Crippen MR) is 128 cm³/mol. The minimum Gasteiger partial charge on any atom is -0.530 e. The monoisotopic (exact) mass is 477 g/mol. The first kappa shape index (κ1) is 25.7. The van der Waals surface area contributed by atoms with E-state index in [1.54, 1.807) is 54.6 Å². The van der Waals surface area contributed by atoms with Gasteiger partial charge in [-0.2, -0.15) is 0 Å². The van der Waals surface area contributed by atoms with Crippen molar-refractivity contribution in [1.29, 1.82) is 0 Å². The first-order valence-corrected chi connectivity index (χ1v) is 11.2. The second-order valence-corrected chi connectivity index (χ2v) is 8.46. The van der Waals surface area contributed by atoms with E-state index < -0.39 is 36.3 Å². The van der Waals surface area contributed by atoms with Crippen molar-refractivity contribution in [2.75, 3.05) is 6.61 Å². The summed E-state index contributed by atoms with van der Waals surface area (Å²) in [5.74, 6) is -0.0805. The van der Waals surface area contributed by atoms with Gasteiger partial charge >= 0.3 is 0 Å². The summed E-state index contributed by atoms with van der Waals surface area (Å²) in [4.78, 5) is 24.5. The van der Waals surface area contributed by atoms with Crippen LogP contribution in [0.3, 0.4) is 0 Å². The van der Waals surface area contributed by atoms with Gasteiger partial charge in [0.1, 0.15) is 30.1 Å². The molecule has 184 valence electrons. The van der Waals surface area contributed by atoms with Gasteiger partial charge in [0.15, 0.2) is 0 Å². The van der Waals surface area contributed by atoms with Gasteiger partial charge in [0.25, 0.3) is 0 Å². The summed E-state index contributed by atoms with van der Waals surface area (Å²) in [6.45, 7) is 1.27. The zero-order valence-electron chi connectivity index (χ0n) is 19.4. The van der Waals surface area contributed by atoms with Crippen molar-refractivity contribution in [2.24, 2.45) is 0 Å². The van der Waals surface area contributed by atoms with E-state index >= 15 is 0 Å². The molecule has 0 aliphatic rings. The third kappa shape index (κ3) is 7.30. The second kappa shape index (κ2) is 12.0. The molecule has 0 saturated heterocycles. The highest BCUT2D eigenvalue weighted by Crippen LogP contribution is 2.21. The minimum absolute atomic E-state index is 0.00532. The highest BCUT2D eigenvalue weighted by molar-refractivity contribution is 5.89. The van der Waals surface area contributed by atoms with E-state index in [9.17, 15) is 24.9 Å². The van der Waals surface area contributed by atoms with Crippen molar-refractivity contribution in [1.82, 2.24) is 10.6 Å². The summed E-state index contributed by atoms with van der Waals surface area (Å²) in [6.07, 6.45) is -2.79. The number of rotatable bonds is 11. The van der Waals surface area contributed by atoms with Crippen molar-refractivity contribution in [2.45, 2.75) is 37.6 Å². The molecule has 0 fully saturated rings. The lowest BCUT2D eigenvalue weighted by Crippen LogP contribution is -2.62. The number of carboxylic acid groups (broad SMARTS) is 1. The van der Waals surface area contributed by atoms with Crippen LogP contribution in [0, 0.1) is 0 Å².